The number of urea groups is 1. The largest absolute Gasteiger partial charge is 0.478 e. The number of carboxylic acids is 1. The molecule has 1 saturated heterocycles. The van der Waals surface area contributed by atoms with Crippen molar-refractivity contribution in [3.63, 3.8) is 0 Å². The summed E-state index contributed by atoms with van der Waals surface area (Å²) in [6, 6.07) is 5.09. The summed E-state index contributed by atoms with van der Waals surface area (Å²) in [5.41, 5.74) is 2.07. The zero-order chi connectivity index (χ0) is 14.8. The van der Waals surface area contributed by atoms with Crippen LogP contribution >= 0.6 is 0 Å². The van der Waals surface area contributed by atoms with Crippen molar-refractivity contribution in [1.29, 1.82) is 0 Å². The van der Waals surface area contributed by atoms with Crippen LogP contribution in [0.25, 0.3) is 0 Å². The Hall–Kier alpha value is -2.04. The van der Waals surface area contributed by atoms with Gasteiger partial charge in [-0.25, -0.2) is 9.59 Å². The molecule has 1 N–H and O–H groups in total. The minimum absolute atomic E-state index is 0.0261. The van der Waals surface area contributed by atoms with Crippen LogP contribution in [0, 0.1) is 0 Å². The minimum Gasteiger partial charge on any atom is -0.478 e. The van der Waals surface area contributed by atoms with E-state index >= 15 is 0 Å². The van der Waals surface area contributed by atoms with Crippen molar-refractivity contribution in [2.24, 2.45) is 0 Å². The molecule has 5 heteroatoms. The van der Waals surface area contributed by atoms with Crippen molar-refractivity contribution in [2.75, 3.05) is 24.5 Å². The lowest BCUT2D eigenvalue weighted by Gasteiger charge is -2.27. The smallest absolute Gasteiger partial charge is 0.335 e. The molecule has 0 aromatic heterocycles. The van der Waals surface area contributed by atoms with Crippen LogP contribution in [-0.4, -0.2) is 41.6 Å². The van der Waals surface area contributed by atoms with Gasteiger partial charge in [0.1, 0.15) is 0 Å². The van der Waals surface area contributed by atoms with Gasteiger partial charge in [-0.1, -0.05) is 18.9 Å². The Morgan fingerprint density at radius 2 is 1.71 bits per heavy atom. The van der Waals surface area contributed by atoms with Crippen LogP contribution in [0.5, 0.6) is 0 Å². The first-order valence-corrected chi connectivity index (χ1v) is 7.59. The lowest BCUT2D eigenvalue weighted by Crippen LogP contribution is -2.43. The van der Waals surface area contributed by atoms with Crippen LogP contribution in [0.1, 0.15) is 41.6 Å². The molecule has 0 radical (unpaired) electrons. The highest BCUT2D eigenvalue weighted by Gasteiger charge is 2.29. The Labute approximate surface area is 124 Å². The fourth-order valence-electron chi connectivity index (χ4n) is 3.14. The molecule has 1 aromatic rings. The third-order valence-electron chi connectivity index (χ3n) is 4.34. The second-order valence-electron chi connectivity index (χ2n) is 5.73. The predicted molar refractivity (Wildman–Crippen MR) is 79.9 cm³/mol. The Morgan fingerprint density at radius 1 is 1.00 bits per heavy atom. The highest BCUT2D eigenvalue weighted by Crippen LogP contribution is 2.30. The normalized spacial score (nSPS) is 18.3. The van der Waals surface area contributed by atoms with E-state index in [1.54, 1.807) is 17.0 Å². The summed E-state index contributed by atoms with van der Waals surface area (Å²) in [6.45, 7) is 2.26. The molecule has 1 aromatic carbocycles. The van der Waals surface area contributed by atoms with Crippen molar-refractivity contribution in [1.82, 2.24) is 4.90 Å². The minimum atomic E-state index is -0.952. The van der Waals surface area contributed by atoms with Crippen molar-refractivity contribution < 1.29 is 14.7 Å². The average molecular weight is 288 g/mol. The van der Waals surface area contributed by atoms with Gasteiger partial charge in [0.05, 0.1) is 5.56 Å². The van der Waals surface area contributed by atoms with Gasteiger partial charge in [-0.2, -0.15) is 0 Å². The third-order valence-corrected chi connectivity index (χ3v) is 4.34. The molecule has 2 heterocycles. The molecule has 1 fully saturated rings. The van der Waals surface area contributed by atoms with Crippen molar-refractivity contribution >= 4 is 17.7 Å². The number of carbonyl (C=O) groups is 2. The van der Waals surface area contributed by atoms with E-state index in [9.17, 15) is 9.59 Å². The average Bonchev–Trinajstić information content (AvgIpc) is 2.71. The third kappa shape index (κ3) is 2.73. The molecule has 0 bridgehead atoms. The molecule has 5 nitrogen and oxygen atoms in total. The van der Waals surface area contributed by atoms with Crippen molar-refractivity contribution in [3.8, 4) is 0 Å². The first kappa shape index (κ1) is 13.9. The van der Waals surface area contributed by atoms with E-state index in [1.165, 1.54) is 12.8 Å². The summed E-state index contributed by atoms with van der Waals surface area (Å²) in [7, 11) is 0. The molecule has 21 heavy (non-hydrogen) atoms. The number of benzene rings is 1. The fraction of sp³-hybridized carbons (Fsp3) is 0.500. The highest BCUT2D eigenvalue weighted by molar-refractivity contribution is 5.97. The quantitative estimate of drug-likeness (QED) is 0.864. The summed E-state index contributed by atoms with van der Waals surface area (Å²) in [6.07, 6.45) is 5.28. The van der Waals surface area contributed by atoms with E-state index in [0.717, 1.165) is 43.6 Å². The molecule has 2 aliphatic heterocycles. The number of amides is 2. The number of nitrogens with zero attached hydrogens (tertiary/aromatic N) is 2. The van der Waals surface area contributed by atoms with Crippen LogP contribution in [-0.2, 0) is 6.42 Å². The SMILES string of the molecule is O=C(O)c1ccc2c(c1)N(C(=O)N1CCCCCC1)CC2. The maximum absolute atomic E-state index is 12.7. The summed E-state index contributed by atoms with van der Waals surface area (Å²) in [5.74, 6) is -0.952. The van der Waals surface area contributed by atoms with Crippen molar-refractivity contribution in [3.05, 3.63) is 29.3 Å². The molecule has 0 unspecified atom stereocenters. The van der Waals surface area contributed by atoms with E-state index in [4.69, 9.17) is 5.11 Å². The molecular formula is C16H20N2O3. The van der Waals surface area contributed by atoms with Gasteiger partial charge in [0.2, 0.25) is 0 Å². The first-order valence-electron chi connectivity index (χ1n) is 7.59. The number of likely N-dealkylation sites (tertiary alicyclic amines) is 1. The lowest BCUT2D eigenvalue weighted by atomic mass is 10.1. The second kappa shape index (κ2) is 5.76. The number of carboxylic acid groups (broad SMARTS) is 1. The Morgan fingerprint density at radius 3 is 2.38 bits per heavy atom. The first-order chi connectivity index (χ1) is 10.2. The molecular weight excluding hydrogens is 268 g/mol. The maximum Gasteiger partial charge on any atom is 0.335 e. The van der Waals surface area contributed by atoms with E-state index in [-0.39, 0.29) is 11.6 Å². The molecule has 0 saturated carbocycles. The van der Waals surface area contributed by atoms with Crippen molar-refractivity contribution in [2.45, 2.75) is 32.1 Å². The Kier molecular flexibility index (Phi) is 3.82. The van der Waals surface area contributed by atoms with Crippen LogP contribution in [0.15, 0.2) is 18.2 Å². The van der Waals surface area contributed by atoms with Gasteiger partial charge < -0.3 is 10.0 Å². The number of anilines is 1. The van der Waals surface area contributed by atoms with Gasteiger partial charge in [0, 0.05) is 25.3 Å². The number of fused-ring (bicyclic) bond motifs is 1. The van der Waals surface area contributed by atoms with Gasteiger partial charge in [0.15, 0.2) is 0 Å². The van der Waals surface area contributed by atoms with Gasteiger partial charge >= 0.3 is 12.0 Å². The number of rotatable bonds is 1. The van der Waals surface area contributed by atoms with Crippen LogP contribution in [0.4, 0.5) is 10.5 Å². The number of hydrogen-bond donors (Lipinski definition) is 1. The molecule has 112 valence electrons. The second-order valence-corrected chi connectivity index (χ2v) is 5.73. The fourth-order valence-corrected chi connectivity index (χ4v) is 3.14. The molecule has 2 aliphatic rings. The van der Waals surface area contributed by atoms with E-state index in [2.05, 4.69) is 0 Å². The lowest BCUT2D eigenvalue weighted by molar-refractivity contribution is 0.0697. The van der Waals surface area contributed by atoms with E-state index < -0.39 is 5.97 Å². The summed E-state index contributed by atoms with van der Waals surface area (Å²) in [5, 5.41) is 9.11. The van der Waals surface area contributed by atoms with Crippen LogP contribution < -0.4 is 4.90 Å². The zero-order valence-electron chi connectivity index (χ0n) is 12.0. The topological polar surface area (TPSA) is 60.9 Å². The molecule has 0 aliphatic carbocycles. The molecule has 2 amide bonds. The Bertz CT molecular complexity index is 563. The molecule has 0 atom stereocenters. The van der Waals surface area contributed by atoms with Gasteiger partial charge in [-0.05, 0) is 37.0 Å². The zero-order valence-corrected chi connectivity index (χ0v) is 12.0. The monoisotopic (exact) mass is 288 g/mol. The summed E-state index contributed by atoms with van der Waals surface area (Å²) in [4.78, 5) is 27.5. The number of carbonyl (C=O) groups excluding carboxylic acids is 1. The van der Waals surface area contributed by atoms with Crippen LogP contribution in [0.2, 0.25) is 0 Å². The number of aromatic carboxylic acids is 1. The summed E-state index contributed by atoms with van der Waals surface area (Å²) < 4.78 is 0. The van der Waals surface area contributed by atoms with E-state index in [0.29, 0.717) is 6.54 Å². The molecule has 3 rings (SSSR count). The summed E-state index contributed by atoms with van der Waals surface area (Å²) >= 11 is 0. The van der Waals surface area contributed by atoms with Gasteiger partial charge in [0.25, 0.3) is 0 Å². The van der Waals surface area contributed by atoms with Gasteiger partial charge in [-0.3, -0.25) is 4.90 Å². The van der Waals surface area contributed by atoms with Crippen LogP contribution in [0.3, 0.4) is 0 Å². The van der Waals surface area contributed by atoms with Gasteiger partial charge in [-0.15, -0.1) is 0 Å². The maximum atomic E-state index is 12.7. The highest BCUT2D eigenvalue weighted by atomic mass is 16.4. The predicted octanol–water partition coefficient (Wildman–Crippen LogP) is 2.74. The standard InChI is InChI=1S/C16H20N2O3/c19-15(20)13-6-5-12-7-10-18(14(12)11-13)16(21)17-8-3-1-2-4-9-17/h5-6,11H,1-4,7-10H2,(H,19,20). The molecule has 0 spiro atoms. The number of hydrogen-bond acceptors (Lipinski definition) is 2. The van der Waals surface area contributed by atoms with E-state index in [1.807, 2.05) is 11.0 Å². The Balaban J connectivity index is 1.83.